The number of benzene rings is 2. The number of aromatic nitrogens is 3. The van der Waals surface area contributed by atoms with E-state index in [0.717, 1.165) is 5.69 Å². The van der Waals surface area contributed by atoms with Crippen LogP contribution in [0.25, 0.3) is 5.69 Å². The van der Waals surface area contributed by atoms with Gasteiger partial charge in [0.05, 0.1) is 24.8 Å². The number of aryl methyl sites for hydroxylation is 1. The monoisotopic (exact) mass is 458 g/mol. The summed E-state index contributed by atoms with van der Waals surface area (Å²) in [5.41, 5.74) is 0.535. The lowest BCUT2D eigenvalue weighted by Crippen LogP contribution is -2.38. The maximum absolute atomic E-state index is 13.2. The Balaban J connectivity index is 1.57. The number of hydrogen-bond acceptors (Lipinski definition) is 6. The second kappa shape index (κ2) is 8.79. The van der Waals surface area contributed by atoms with E-state index in [1.54, 1.807) is 17.7 Å². The van der Waals surface area contributed by atoms with E-state index in [-0.39, 0.29) is 16.5 Å². The Morgan fingerprint density at radius 3 is 2.25 bits per heavy atom. The van der Waals surface area contributed by atoms with E-state index >= 15 is 0 Å². The highest BCUT2D eigenvalue weighted by Gasteiger charge is 2.33. The fourth-order valence-corrected chi connectivity index (χ4v) is 5.53. The van der Waals surface area contributed by atoms with Gasteiger partial charge in [-0.1, -0.05) is 18.2 Å². The SMILES string of the molecule is COc1ccc(S(=O)(=O)N2CCC(c3nn(C)c(=O)n3-c3ccccc3)CC2)cc1OC. The molecule has 2 heterocycles. The Labute approximate surface area is 186 Å². The molecule has 0 atom stereocenters. The molecule has 0 amide bonds. The molecule has 1 aliphatic heterocycles. The fraction of sp³-hybridized carbons (Fsp3) is 0.364. The van der Waals surface area contributed by atoms with Crippen LogP contribution in [0.5, 0.6) is 11.5 Å². The summed E-state index contributed by atoms with van der Waals surface area (Å²) in [6.07, 6.45) is 1.13. The van der Waals surface area contributed by atoms with E-state index in [1.807, 2.05) is 30.3 Å². The summed E-state index contributed by atoms with van der Waals surface area (Å²) in [5, 5.41) is 4.47. The van der Waals surface area contributed by atoms with Crippen molar-refractivity contribution in [1.82, 2.24) is 18.7 Å². The third kappa shape index (κ3) is 3.91. The van der Waals surface area contributed by atoms with Crippen molar-refractivity contribution in [2.75, 3.05) is 27.3 Å². The molecule has 0 N–H and O–H groups in total. The molecule has 0 unspecified atom stereocenters. The number of rotatable bonds is 6. The van der Waals surface area contributed by atoms with Gasteiger partial charge in [-0.2, -0.15) is 9.40 Å². The number of para-hydroxylation sites is 1. The van der Waals surface area contributed by atoms with E-state index < -0.39 is 10.0 Å². The summed E-state index contributed by atoms with van der Waals surface area (Å²) < 4.78 is 41.3. The minimum atomic E-state index is -3.69. The fourth-order valence-electron chi connectivity index (χ4n) is 4.05. The van der Waals surface area contributed by atoms with Crippen LogP contribution in [0.3, 0.4) is 0 Å². The molecule has 4 rings (SSSR count). The predicted octanol–water partition coefficient (Wildman–Crippen LogP) is 2.16. The van der Waals surface area contributed by atoms with Crippen molar-refractivity contribution < 1.29 is 17.9 Å². The van der Waals surface area contributed by atoms with Crippen LogP contribution in [0.15, 0.2) is 58.2 Å². The first-order valence-electron chi connectivity index (χ1n) is 10.3. The molecule has 0 aliphatic carbocycles. The van der Waals surface area contributed by atoms with Crippen LogP contribution in [-0.2, 0) is 17.1 Å². The highest BCUT2D eigenvalue weighted by molar-refractivity contribution is 7.89. The Kier molecular flexibility index (Phi) is 6.07. The summed E-state index contributed by atoms with van der Waals surface area (Å²) in [6.45, 7) is 0.668. The Hall–Kier alpha value is -3.11. The molecule has 0 radical (unpaired) electrons. The molecule has 32 heavy (non-hydrogen) atoms. The van der Waals surface area contributed by atoms with Crippen LogP contribution in [0.2, 0.25) is 0 Å². The largest absolute Gasteiger partial charge is 0.493 e. The number of methoxy groups -OCH3 is 2. The van der Waals surface area contributed by atoms with E-state index in [0.29, 0.717) is 43.3 Å². The molecule has 2 aromatic carbocycles. The molecule has 1 saturated heterocycles. The molecule has 3 aromatic rings. The van der Waals surface area contributed by atoms with E-state index in [9.17, 15) is 13.2 Å². The first-order valence-corrected chi connectivity index (χ1v) is 11.7. The topological polar surface area (TPSA) is 95.7 Å². The van der Waals surface area contributed by atoms with Crippen molar-refractivity contribution in [2.45, 2.75) is 23.7 Å². The van der Waals surface area contributed by atoms with Crippen LogP contribution >= 0.6 is 0 Å². The van der Waals surface area contributed by atoms with Gasteiger partial charge in [-0.05, 0) is 37.1 Å². The first kappa shape index (κ1) is 22.1. The zero-order chi connectivity index (χ0) is 22.9. The molecule has 10 heteroatoms. The molecule has 170 valence electrons. The second-order valence-corrected chi connectivity index (χ2v) is 9.57. The molecular formula is C22H26N4O5S. The van der Waals surface area contributed by atoms with Gasteiger partial charge < -0.3 is 9.47 Å². The Morgan fingerprint density at radius 2 is 1.62 bits per heavy atom. The van der Waals surface area contributed by atoms with Crippen molar-refractivity contribution in [3.8, 4) is 17.2 Å². The molecule has 1 aliphatic rings. The van der Waals surface area contributed by atoms with Gasteiger partial charge in [-0.3, -0.25) is 0 Å². The average molecular weight is 459 g/mol. The maximum Gasteiger partial charge on any atom is 0.350 e. The van der Waals surface area contributed by atoms with Gasteiger partial charge in [0.25, 0.3) is 0 Å². The third-order valence-corrected chi connectivity index (χ3v) is 7.67. The van der Waals surface area contributed by atoms with Gasteiger partial charge in [0.1, 0.15) is 5.82 Å². The normalized spacial score (nSPS) is 15.6. The predicted molar refractivity (Wildman–Crippen MR) is 119 cm³/mol. The Bertz CT molecular complexity index is 1260. The van der Waals surface area contributed by atoms with E-state index in [1.165, 1.54) is 35.3 Å². The van der Waals surface area contributed by atoms with Crippen molar-refractivity contribution >= 4 is 10.0 Å². The molecule has 1 aromatic heterocycles. The molecule has 1 fully saturated rings. The molecular weight excluding hydrogens is 432 g/mol. The van der Waals surface area contributed by atoms with E-state index in [2.05, 4.69) is 5.10 Å². The number of piperidine rings is 1. The standard InChI is InChI=1S/C22H26N4O5S/c1-24-22(27)26(17-7-5-4-6-8-17)21(23-24)16-11-13-25(14-12-16)32(28,29)18-9-10-19(30-2)20(15-18)31-3/h4-10,15-16H,11-14H2,1-3H3. The molecule has 0 spiro atoms. The van der Waals surface area contributed by atoms with Gasteiger partial charge in [0.15, 0.2) is 11.5 Å². The lowest BCUT2D eigenvalue weighted by atomic mass is 9.97. The van der Waals surface area contributed by atoms with Crippen molar-refractivity contribution in [2.24, 2.45) is 7.05 Å². The summed E-state index contributed by atoms with van der Waals surface area (Å²) >= 11 is 0. The summed E-state index contributed by atoms with van der Waals surface area (Å²) in [5.74, 6) is 1.47. The van der Waals surface area contributed by atoms with Crippen molar-refractivity contribution in [3.63, 3.8) is 0 Å². The van der Waals surface area contributed by atoms with Crippen molar-refractivity contribution in [3.05, 3.63) is 64.8 Å². The van der Waals surface area contributed by atoms with Gasteiger partial charge in [0.2, 0.25) is 10.0 Å². The van der Waals surface area contributed by atoms with Crippen LogP contribution < -0.4 is 15.2 Å². The molecule has 9 nitrogen and oxygen atoms in total. The third-order valence-electron chi connectivity index (χ3n) is 5.78. The lowest BCUT2D eigenvalue weighted by molar-refractivity contribution is 0.311. The van der Waals surface area contributed by atoms with Gasteiger partial charge in [0, 0.05) is 32.1 Å². The highest BCUT2D eigenvalue weighted by Crippen LogP contribution is 2.33. The lowest BCUT2D eigenvalue weighted by Gasteiger charge is -2.31. The minimum absolute atomic E-state index is 0.0269. The average Bonchev–Trinajstić information content (AvgIpc) is 3.13. The van der Waals surface area contributed by atoms with Crippen molar-refractivity contribution in [1.29, 1.82) is 0 Å². The Morgan fingerprint density at radius 1 is 0.969 bits per heavy atom. The van der Waals surface area contributed by atoms with Crippen LogP contribution in [-0.4, -0.2) is 54.4 Å². The quantitative estimate of drug-likeness (QED) is 0.562. The summed E-state index contributed by atoms with van der Waals surface area (Å²) in [7, 11) is 0.915. The number of nitrogens with zero attached hydrogens (tertiary/aromatic N) is 4. The van der Waals surface area contributed by atoms with Crippen LogP contribution in [0, 0.1) is 0 Å². The van der Waals surface area contributed by atoms with E-state index in [4.69, 9.17) is 9.47 Å². The highest BCUT2D eigenvalue weighted by atomic mass is 32.2. The first-order chi connectivity index (χ1) is 15.4. The van der Waals surface area contributed by atoms with Crippen LogP contribution in [0.4, 0.5) is 0 Å². The zero-order valence-electron chi connectivity index (χ0n) is 18.3. The summed E-state index contributed by atoms with van der Waals surface area (Å²) in [6, 6.07) is 14.0. The van der Waals surface area contributed by atoms with Gasteiger partial charge >= 0.3 is 5.69 Å². The van der Waals surface area contributed by atoms with Gasteiger partial charge in [-0.25, -0.2) is 22.5 Å². The molecule has 0 saturated carbocycles. The summed E-state index contributed by atoms with van der Waals surface area (Å²) in [4.78, 5) is 12.8. The molecule has 0 bridgehead atoms. The zero-order valence-corrected chi connectivity index (χ0v) is 19.1. The second-order valence-electron chi connectivity index (χ2n) is 7.63. The number of ether oxygens (including phenoxy) is 2. The minimum Gasteiger partial charge on any atom is -0.493 e. The van der Waals surface area contributed by atoms with Crippen LogP contribution in [0.1, 0.15) is 24.6 Å². The smallest absolute Gasteiger partial charge is 0.350 e. The van der Waals surface area contributed by atoms with Gasteiger partial charge in [-0.15, -0.1) is 0 Å². The number of sulfonamides is 1. The number of hydrogen-bond donors (Lipinski definition) is 0. The maximum atomic E-state index is 13.2.